The summed E-state index contributed by atoms with van der Waals surface area (Å²) in [6.45, 7) is 3.21. The molecule has 0 aromatic carbocycles. The van der Waals surface area contributed by atoms with Crippen LogP contribution in [0.5, 0.6) is 0 Å². The maximum atomic E-state index is 4.33. The molecule has 2 atom stereocenters. The van der Waals surface area contributed by atoms with Crippen LogP contribution >= 0.6 is 11.3 Å². The van der Waals surface area contributed by atoms with E-state index in [1.54, 1.807) is 0 Å². The van der Waals surface area contributed by atoms with Gasteiger partial charge >= 0.3 is 0 Å². The van der Waals surface area contributed by atoms with Gasteiger partial charge in [0.2, 0.25) is 0 Å². The Labute approximate surface area is 112 Å². The molecule has 0 aliphatic carbocycles. The van der Waals surface area contributed by atoms with Crippen LogP contribution in [-0.2, 0) is 6.54 Å². The van der Waals surface area contributed by atoms with Crippen LogP contribution in [0.15, 0.2) is 30.0 Å². The highest BCUT2D eigenvalue weighted by molar-refractivity contribution is 7.09. The number of hydrogen-bond donors (Lipinski definition) is 1. The molecule has 1 aliphatic rings. The molecule has 0 saturated carbocycles. The fraction of sp³-hybridized carbons (Fsp3) is 0.500. The fourth-order valence-electron chi connectivity index (χ4n) is 2.70. The lowest BCUT2D eigenvalue weighted by Gasteiger charge is -2.29. The predicted octanol–water partition coefficient (Wildman–Crippen LogP) is 3.20. The summed E-state index contributed by atoms with van der Waals surface area (Å²) in [6.07, 6.45) is 7.79. The van der Waals surface area contributed by atoms with Crippen molar-refractivity contribution < 1.29 is 0 Å². The largest absolute Gasteiger partial charge is 0.328 e. The topological polar surface area (TPSA) is 29.9 Å². The van der Waals surface area contributed by atoms with E-state index in [9.17, 15) is 0 Å². The molecule has 3 nitrogen and oxygen atoms in total. The van der Waals surface area contributed by atoms with E-state index >= 15 is 0 Å². The molecule has 0 amide bonds. The first-order valence-electron chi connectivity index (χ1n) is 6.61. The first kappa shape index (κ1) is 11.9. The van der Waals surface area contributed by atoms with Crippen LogP contribution in [0.25, 0.3) is 0 Å². The SMILES string of the molecule is CC1CCCC(c2cncn2Cc2cccs2)N1. The quantitative estimate of drug-likeness (QED) is 0.919. The van der Waals surface area contributed by atoms with Crippen molar-refractivity contribution in [2.24, 2.45) is 0 Å². The average molecular weight is 261 g/mol. The van der Waals surface area contributed by atoms with E-state index < -0.39 is 0 Å². The van der Waals surface area contributed by atoms with E-state index in [4.69, 9.17) is 0 Å². The third kappa shape index (κ3) is 2.49. The Hall–Kier alpha value is -1.13. The molecule has 96 valence electrons. The zero-order valence-electron chi connectivity index (χ0n) is 10.7. The Morgan fingerprint density at radius 3 is 3.22 bits per heavy atom. The van der Waals surface area contributed by atoms with E-state index in [1.165, 1.54) is 29.8 Å². The minimum Gasteiger partial charge on any atom is -0.328 e. The maximum absolute atomic E-state index is 4.33. The number of hydrogen-bond acceptors (Lipinski definition) is 3. The number of imidazole rings is 1. The Morgan fingerprint density at radius 1 is 1.50 bits per heavy atom. The van der Waals surface area contributed by atoms with Gasteiger partial charge in [-0.2, -0.15) is 0 Å². The summed E-state index contributed by atoms with van der Waals surface area (Å²) < 4.78 is 2.28. The van der Waals surface area contributed by atoms with Crippen molar-refractivity contribution in [3.63, 3.8) is 0 Å². The van der Waals surface area contributed by atoms with Gasteiger partial charge in [-0.25, -0.2) is 4.98 Å². The highest BCUT2D eigenvalue weighted by atomic mass is 32.1. The molecule has 2 aromatic heterocycles. The molecule has 1 fully saturated rings. The van der Waals surface area contributed by atoms with Crippen molar-refractivity contribution >= 4 is 11.3 Å². The van der Waals surface area contributed by atoms with Crippen molar-refractivity contribution in [3.8, 4) is 0 Å². The number of nitrogens with one attached hydrogen (secondary N) is 1. The maximum Gasteiger partial charge on any atom is 0.0952 e. The lowest BCUT2D eigenvalue weighted by molar-refractivity contribution is 0.330. The summed E-state index contributed by atoms with van der Waals surface area (Å²) in [6, 6.07) is 5.38. The normalized spacial score (nSPS) is 24.3. The molecule has 2 aromatic rings. The number of piperidine rings is 1. The Bertz CT molecular complexity index is 489. The number of aromatic nitrogens is 2. The van der Waals surface area contributed by atoms with Crippen molar-refractivity contribution in [3.05, 3.63) is 40.6 Å². The van der Waals surface area contributed by atoms with Gasteiger partial charge in [-0.15, -0.1) is 11.3 Å². The van der Waals surface area contributed by atoms with Crippen LogP contribution in [0.4, 0.5) is 0 Å². The van der Waals surface area contributed by atoms with Crippen LogP contribution in [-0.4, -0.2) is 15.6 Å². The van der Waals surface area contributed by atoms with Gasteiger partial charge in [-0.3, -0.25) is 0 Å². The highest BCUT2D eigenvalue weighted by Gasteiger charge is 2.22. The molecule has 0 spiro atoms. The smallest absolute Gasteiger partial charge is 0.0952 e. The van der Waals surface area contributed by atoms with Crippen LogP contribution < -0.4 is 5.32 Å². The summed E-state index contributed by atoms with van der Waals surface area (Å²) in [5, 5.41) is 5.81. The predicted molar refractivity (Wildman–Crippen MR) is 74.8 cm³/mol. The zero-order valence-corrected chi connectivity index (χ0v) is 11.5. The summed E-state index contributed by atoms with van der Waals surface area (Å²) in [4.78, 5) is 5.72. The fourth-order valence-corrected chi connectivity index (χ4v) is 3.40. The van der Waals surface area contributed by atoms with Crippen LogP contribution in [0.1, 0.15) is 42.8 Å². The molecule has 0 bridgehead atoms. The lowest BCUT2D eigenvalue weighted by atomic mass is 9.97. The van der Waals surface area contributed by atoms with Crippen molar-refractivity contribution in [2.45, 2.75) is 44.8 Å². The molecule has 4 heteroatoms. The van der Waals surface area contributed by atoms with E-state index in [-0.39, 0.29) is 0 Å². The standard InChI is InChI=1S/C14H19N3S/c1-11-4-2-6-13(16-11)14-8-15-10-17(14)9-12-5-3-7-18-12/h3,5,7-8,10-11,13,16H,2,4,6,9H2,1H3. The van der Waals surface area contributed by atoms with E-state index in [0.717, 1.165) is 6.54 Å². The Morgan fingerprint density at radius 2 is 2.44 bits per heavy atom. The minimum absolute atomic E-state index is 0.469. The van der Waals surface area contributed by atoms with Gasteiger partial charge in [0.25, 0.3) is 0 Å². The second-order valence-electron chi connectivity index (χ2n) is 5.08. The summed E-state index contributed by atoms with van der Waals surface area (Å²) in [5.41, 5.74) is 1.33. The van der Waals surface area contributed by atoms with Crippen LogP contribution in [0.3, 0.4) is 0 Å². The summed E-state index contributed by atoms with van der Waals surface area (Å²) in [5.74, 6) is 0. The van der Waals surface area contributed by atoms with E-state index in [2.05, 4.69) is 39.3 Å². The molecule has 2 unspecified atom stereocenters. The van der Waals surface area contributed by atoms with Gasteiger partial charge in [0.05, 0.1) is 18.6 Å². The van der Waals surface area contributed by atoms with Crippen LogP contribution in [0.2, 0.25) is 0 Å². The van der Waals surface area contributed by atoms with Crippen molar-refractivity contribution in [1.29, 1.82) is 0 Å². The molecule has 0 radical (unpaired) electrons. The third-order valence-electron chi connectivity index (χ3n) is 3.62. The van der Waals surface area contributed by atoms with E-state index in [1.807, 2.05) is 23.9 Å². The minimum atomic E-state index is 0.469. The van der Waals surface area contributed by atoms with Gasteiger partial charge in [-0.05, 0) is 37.6 Å². The summed E-state index contributed by atoms with van der Waals surface area (Å²) >= 11 is 1.81. The second kappa shape index (κ2) is 5.24. The molecule has 18 heavy (non-hydrogen) atoms. The molecule has 1 saturated heterocycles. The molecular formula is C14H19N3S. The number of rotatable bonds is 3. The summed E-state index contributed by atoms with van der Waals surface area (Å²) in [7, 11) is 0. The Balaban J connectivity index is 1.78. The molecular weight excluding hydrogens is 242 g/mol. The van der Waals surface area contributed by atoms with Gasteiger partial charge < -0.3 is 9.88 Å². The zero-order chi connectivity index (χ0) is 12.4. The second-order valence-corrected chi connectivity index (χ2v) is 6.11. The number of thiophene rings is 1. The van der Waals surface area contributed by atoms with Crippen molar-refractivity contribution in [1.82, 2.24) is 14.9 Å². The highest BCUT2D eigenvalue weighted by Crippen LogP contribution is 2.26. The molecule has 3 heterocycles. The number of nitrogens with zero attached hydrogens (tertiary/aromatic N) is 2. The first-order valence-corrected chi connectivity index (χ1v) is 7.49. The van der Waals surface area contributed by atoms with Gasteiger partial charge in [0.15, 0.2) is 0 Å². The monoisotopic (exact) mass is 261 g/mol. The third-order valence-corrected chi connectivity index (χ3v) is 4.48. The van der Waals surface area contributed by atoms with Crippen molar-refractivity contribution in [2.75, 3.05) is 0 Å². The molecule has 1 aliphatic heterocycles. The van der Waals surface area contributed by atoms with Gasteiger partial charge in [0, 0.05) is 23.2 Å². The molecule has 3 rings (SSSR count). The lowest BCUT2D eigenvalue weighted by Crippen LogP contribution is -2.35. The van der Waals surface area contributed by atoms with E-state index in [0.29, 0.717) is 12.1 Å². The van der Waals surface area contributed by atoms with Crippen LogP contribution in [0, 0.1) is 0 Å². The average Bonchev–Trinajstić information content (AvgIpc) is 3.01. The Kier molecular flexibility index (Phi) is 3.48. The van der Waals surface area contributed by atoms with Gasteiger partial charge in [0.1, 0.15) is 0 Å². The first-order chi connectivity index (χ1) is 8.83. The van der Waals surface area contributed by atoms with Gasteiger partial charge in [-0.1, -0.05) is 6.07 Å². The molecule has 1 N–H and O–H groups in total.